The average molecular weight is 461 g/mol. The first kappa shape index (κ1) is 25.4. The van der Waals surface area contributed by atoms with Crippen LogP contribution in [0.1, 0.15) is 43.9 Å². The molecular formula is C30H40O2Si. The second-order valence-electron chi connectivity index (χ2n) is 10.2. The Morgan fingerprint density at radius 2 is 1.09 bits per heavy atom. The van der Waals surface area contributed by atoms with Crippen molar-refractivity contribution in [3.05, 3.63) is 108 Å². The van der Waals surface area contributed by atoms with Gasteiger partial charge >= 0.3 is 0 Å². The van der Waals surface area contributed by atoms with E-state index in [1.54, 1.807) is 0 Å². The number of hydrogen-bond acceptors (Lipinski definition) is 2. The number of ether oxygens (including phenoxy) is 1. The summed E-state index contributed by atoms with van der Waals surface area (Å²) in [6.45, 7) is 9.14. The van der Waals surface area contributed by atoms with Gasteiger partial charge in [0.05, 0.1) is 6.61 Å². The van der Waals surface area contributed by atoms with Gasteiger partial charge in [0.2, 0.25) is 0 Å². The summed E-state index contributed by atoms with van der Waals surface area (Å²) < 4.78 is 12.9. The van der Waals surface area contributed by atoms with Gasteiger partial charge in [-0.15, -0.1) is 0 Å². The van der Waals surface area contributed by atoms with E-state index in [1.165, 1.54) is 16.7 Å². The molecule has 0 bridgehead atoms. The zero-order valence-corrected chi connectivity index (χ0v) is 22.0. The summed E-state index contributed by atoms with van der Waals surface area (Å²) in [5, 5.41) is 0.205. The Labute approximate surface area is 203 Å². The predicted octanol–water partition coefficient (Wildman–Crippen LogP) is 6.43. The highest BCUT2D eigenvalue weighted by Crippen LogP contribution is 2.33. The molecule has 0 aliphatic carbocycles. The molecule has 33 heavy (non-hydrogen) atoms. The Bertz CT molecular complexity index is 868. The number of hydrogen-bond donors (Lipinski definition) is 0. The lowest BCUT2D eigenvalue weighted by Crippen LogP contribution is -2.38. The number of rotatable bonds is 14. The molecule has 0 aromatic heterocycles. The molecule has 0 unspecified atom stereocenters. The van der Waals surface area contributed by atoms with Crippen LogP contribution in [0, 0.1) is 5.41 Å². The van der Waals surface area contributed by atoms with Crippen LogP contribution in [0.4, 0.5) is 0 Å². The van der Waals surface area contributed by atoms with Crippen LogP contribution in [0.25, 0.3) is 0 Å². The van der Waals surface area contributed by atoms with Crippen molar-refractivity contribution in [2.45, 2.75) is 51.5 Å². The quantitative estimate of drug-likeness (QED) is 0.204. The van der Waals surface area contributed by atoms with Gasteiger partial charge in [0.25, 0.3) is 0 Å². The minimum absolute atomic E-state index is 0.0757. The standard InChI is InChI=1S/C30H40O2Si/c1-4-20-31-24-30(22-27-16-10-6-11-17-27,23-28-18-12-7-13-19-28)25-32-33-29(2,3)21-26-14-8-5-9-15-26/h5-19H,4,20-25,33H2,1-3H3. The molecule has 0 amide bonds. The first-order chi connectivity index (χ1) is 16.0. The molecule has 0 saturated heterocycles. The van der Waals surface area contributed by atoms with Gasteiger partial charge < -0.3 is 9.16 Å². The van der Waals surface area contributed by atoms with Crippen molar-refractivity contribution >= 4 is 9.76 Å². The molecule has 0 saturated carbocycles. The van der Waals surface area contributed by atoms with Crippen LogP contribution < -0.4 is 0 Å². The van der Waals surface area contributed by atoms with Crippen molar-refractivity contribution in [2.75, 3.05) is 19.8 Å². The predicted molar refractivity (Wildman–Crippen MR) is 143 cm³/mol. The van der Waals surface area contributed by atoms with Crippen LogP contribution in [0.5, 0.6) is 0 Å². The smallest absolute Gasteiger partial charge is 0.167 e. The summed E-state index contributed by atoms with van der Waals surface area (Å²) in [6, 6.07) is 32.4. The highest BCUT2D eigenvalue weighted by atomic mass is 28.2. The molecular weight excluding hydrogens is 420 g/mol. The first-order valence-electron chi connectivity index (χ1n) is 12.3. The molecule has 0 atom stereocenters. The van der Waals surface area contributed by atoms with Crippen molar-refractivity contribution in [1.82, 2.24) is 0 Å². The molecule has 3 rings (SSSR count). The van der Waals surface area contributed by atoms with E-state index in [0.717, 1.165) is 45.5 Å². The molecule has 3 aromatic carbocycles. The lowest BCUT2D eigenvalue weighted by molar-refractivity contribution is 0.0129. The monoisotopic (exact) mass is 460 g/mol. The average Bonchev–Trinajstić information content (AvgIpc) is 2.81. The first-order valence-corrected chi connectivity index (χ1v) is 13.6. The Hall–Kier alpha value is -2.20. The van der Waals surface area contributed by atoms with Crippen LogP contribution >= 0.6 is 0 Å². The molecule has 0 N–H and O–H groups in total. The summed E-state index contributed by atoms with van der Waals surface area (Å²) in [5.74, 6) is 0. The van der Waals surface area contributed by atoms with E-state index in [9.17, 15) is 0 Å². The SMILES string of the molecule is CCCOCC(CO[SiH2]C(C)(C)Cc1ccccc1)(Cc1ccccc1)Cc1ccccc1. The minimum atomic E-state index is -0.747. The van der Waals surface area contributed by atoms with Crippen molar-refractivity contribution in [1.29, 1.82) is 0 Å². The maximum atomic E-state index is 6.67. The Balaban J connectivity index is 1.76. The summed E-state index contributed by atoms with van der Waals surface area (Å²) in [5.41, 5.74) is 4.02. The highest BCUT2D eigenvalue weighted by Gasteiger charge is 2.33. The highest BCUT2D eigenvalue weighted by molar-refractivity contribution is 6.32. The maximum Gasteiger partial charge on any atom is 0.167 e. The topological polar surface area (TPSA) is 18.5 Å². The molecule has 176 valence electrons. The second-order valence-corrected chi connectivity index (χ2v) is 12.8. The van der Waals surface area contributed by atoms with E-state index in [2.05, 4.69) is 112 Å². The van der Waals surface area contributed by atoms with Crippen LogP contribution in [0.3, 0.4) is 0 Å². The van der Waals surface area contributed by atoms with Gasteiger partial charge in [-0.2, -0.15) is 0 Å². The van der Waals surface area contributed by atoms with E-state index in [1.807, 2.05) is 0 Å². The molecule has 3 heteroatoms. The fraction of sp³-hybridized carbons (Fsp3) is 0.400. The lowest BCUT2D eigenvalue weighted by atomic mass is 9.78. The van der Waals surface area contributed by atoms with Crippen LogP contribution in [-0.4, -0.2) is 29.6 Å². The van der Waals surface area contributed by atoms with Gasteiger partial charge in [0.1, 0.15) is 0 Å². The summed E-state index contributed by atoms with van der Waals surface area (Å²) in [7, 11) is -0.747. The Morgan fingerprint density at radius 1 is 0.636 bits per heavy atom. The normalized spacial score (nSPS) is 12.5. The van der Waals surface area contributed by atoms with Gasteiger partial charge in [0, 0.05) is 18.6 Å². The molecule has 0 aliphatic heterocycles. The van der Waals surface area contributed by atoms with Crippen LogP contribution in [0.2, 0.25) is 5.04 Å². The summed E-state index contributed by atoms with van der Waals surface area (Å²) in [4.78, 5) is 0. The van der Waals surface area contributed by atoms with E-state index in [4.69, 9.17) is 9.16 Å². The minimum Gasteiger partial charge on any atom is -0.423 e. The molecule has 0 fully saturated rings. The van der Waals surface area contributed by atoms with Crippen LogP contribution in [0.15, 0.2) is 91.0 Å². The van der Waals surface area contributed by atoms with E-state index in [0.29, 0.717) is 0 Å². The molecule has 0 aliphatic rings. The van der Waals surface area contributed by atoms with E-state index < -0.39 is 9.76 Å². The molecule has 0 heterocycles. The van der Waals surface area contributed by atoms with Crippen molar-refractivity contribution in [2.24, 2.45) is 5.41 Å². The van der Waals surface area contributed by atoms with E-state index >= 15 is 0 Å². The zero-order valence-electron chi connectivity index (χ0n) is 20.6. The molecule has 2 nitrogen and oxygen atoms in total. The van der Waals surface area contributed by atoms with Crippen molar-refractivity contribution in [3.8, 4) is 0 Å². The Morgan fingerprint density at radius 3 is 1.55 bits per heavy atom. The van der Waals surface area contributed by atoms with Gasteiger partial charge in [-0.3, -0.25) is 0 Å². The van der Waals surface area contributed by atoms with Crippen molar-refractivity contribution in [3.63, 3.8) is 0 Å². The second kappa shape index (κ2) is 12.9. The molecule has 0 spiro atoms. The zero-order chi connectivity index (χ0) is 23.4. The van der Waals surface area contributed by atoms with Crippen molar-refractivity contribution < 1.29 is 9.16 Å². The fourth-order valence-corrected chi connectivity index (χ4v) is 6.02. The third kappa shape index (κ3) is 8.92. The number of benzene rings is 3. The molecule has 3 aromatic rings. The summed E-state index contributed by atoms with van der Waals surface area (Å²) >= 11 is 0. The van der Waals surface area contributed by atoms with Gasteiger partial charge in [-0.05, 0) is 47.4 Å². The third-order valence-corrected chi connectivity index (χ3v) is 7.47. The lowest BCUT2D eigenvalue weighted by Gasteiger charge is -2.36. The largest absolute Gasteiger partial charge is 0.423 e. The summed E-state index contributed by atoms with van der Waals surface area (Å²) in [6.07, 6.45) is 4.02. The van der Waals surface area contributed by atoms with Gasteiger partial charge in [-0.1, -0.05) is 112 Å². The van der Waals surface area contributed by atoms with Crippen LogP contribution in [-0.2, 0) is 28.4 Å². The Kier molecular flexibility index (Phi) is 9.92. The maximum absolute atomic E-state index is 6.67. The van der Waals surface area contributed by atoms with E-state index in [-0.39, 0.29) is 10.5 Å². The van der Waals surface area contributed by atoms with Gasteiger partial charge in [0.15, 0.2) is 9.76 Å². The third-order valence-electron chi connectivity index (χ3n) is 6.03. The fourth-order valence-electron chi connectivity index (χ4n) is 4.54. The van der Waals surface area contributed by atoms with Gasteiger partial charge in [-0.25, -0.2) is 0 Å². The molecule has 0 radical (unpaired) electrons.